The van der Waals surface area contributed by atoms with Gasteiger partial charge in [-0.15, -0.1) is 0 Å². The Morgan fingerprint density at radius 1 is 1.09 bits per heavy atom. The van der Waals surface area contributed by atoms with Crippen molar-refractivity contribution in [3.8, 4) is 5.75 Å². The normalized spacial score (nSPS) is 10.1. The molecule has 0 spiro atoms. The van der Waals surface area contributed by atoms with Gasteiger partial charge in [0.1, 0.15) is 5.75 Å². The van der Waals surface area contributed by atoms with Gasteiger partial charge in [0.15, 0.2) is 5.11 Å². The van der Waals surface area contributed by atoms with Gasteiger partial charge in [-0.05, 0) is 68.9 Å². The quantitative estimate of drug-likeness (QED) is 0.814. The number of nitrogens with one attached hydrogen (secondary N) is 1. The molecule has 0 aliphatic carbocycles. The van der Waals surface area contributed by atoms with E-state index in [1.165, 1.54) is 5.56 Å². The van der Waals surface area contributed by atoms with Gasteiger partial charge in [0.05, 0.1) is 6.61 Å². The monoisotopic (exact) mass is 314 g/mol. The van der Waals surface area contributed by atoms with Crippen LogP contribution >= 0.6 is 12.2 Å². The molecule has 22 heavy (non-hydrogen) atoms. The van der Waals surface area contributed by atoms with E-state index in [0.717, 1.165) is 23.7 Å². The molecule has 0 radical (unpaired) electrons. The maximum atomic E-state index is 5.57. The van der Waals surface area contributed by atoms with Gasteiger partial charge in [0.2, 0.25) is 0 Å². The summed E-state index contributed by atoms with van der Waals surface area (Å²) in [5, 5.41) is 3.99. The van der Waals surface area contributed by atoms with Gasteiger partial charge < -0.3 is 15.0 Å². The molecule has 2 rings (SSSR count). The highest BCUT2D eigenvalue weighted by atomic mass is 32.1. The molecule has 0 aliphatic rings. The fourth-order valence-corrected chi connectivity index (χ4v) is 2.63. The number of rotatable bonds is 5. The van der Waals surface area contributed by atoms with Crippen LogP contribution < -0.4 is 15.0 Å². The summed E-state index contributed by atoms with van der Waals surface area (Å²) in [6.07, 6.45) is 0. The molecule has 0 unspecified atom stereocenters. The number of anilines is 2. The molecule has 116 valence electrons. The van der Waals surface area contributed by atoms with Crippen molar-refractivity contribution in [2.45, 2.75) is 20.8 Å². The van der Waals surface area contributed by atoms with Gasteiger partial charge in [-0.25, -0.2) is 0 Å². The number of nitrogens with zero attached hydrogens (tertiary/aromatic N) is 1. The summed E-state index contributed by atoms with van der Waals surface area (Å²) in [5.74, 6) is 0.866. The van der Waals surface area contributed by atoms with Crippen molar-refractivity contribution in [1.82, 2.24) is 0 Å². The zero-order valence-corrected chi connectivity index (χ0v) is 14.1. The molecule has 0 aliphatic heterocycles. The highest BCUT2D eigenvalue weighted by Gasteiger charge is 2.12. The fraction of sp³-hybridized carbons (Fsp3) is 0.278. The van der Waals surface area contributed by atoms with E-state index in [2.05, 4.69) is 36.2 Å². The van der Waals surface area contributed by atoms with Gasteiger partial charge in [0.25, 0.3) is 0 Å². The largest absolute Gasteiger partial charge is 0.494 e. The van der Waals surface area contributed by atoms with E-state index in [1.54, 1.807) is 0 Å². The van der Waals surface area contributed by atoms with Crippen LogP contribution in [0.4, 0.5) is 11.4 Å². The molecular formula is C18H22N2OS. The molecule has 0 heterocycles. The number of hydrogen-bond donors (Lipinski definition) is 1. The third-order valence-electron chi connectivity index (χ3n) is 3.38. The minimum absolute atomic E-state index is 0.669. The first-order valence-electron chi connectivity index (χ1n) is 7.52. The molecule has 2 aromatic carbocycles. The molecule has 0 atom stereocenters. The van der Waals surface area contributed by atoms with Crippen LogP contribution in [0.1, 0.15) is 19.4 Å². The van der Waals surface area contributed by atoms with E-state index in [9.17, 15) is 0 Å². The van der Waals surface area contributed by atoms with Crippen molar-refractivity contribution >= 4 is 28.7 Å². The van der Waals surface area contributed by atoms with Gasteiger partial charge in [-0.2, -0.15) is 0 Å². The van der Waals surface area contributed by atoms with Crippen molar-refractivity contribution in [3.63, 3.8) is 0 Å². The highest BCUT2D eigenvalue weighted by molar-refractivity contribution is 7.80. The molecule has 2 aromatic rings. The van der Waals surface area contributed by atoms with E-state index in [1.807, 2.05) is 43.3 Å². The molecule has 0 bridgehead atoms. The van der Waals surface area contributed by atoms with E-state index in [0.29, 0.717) is 11.7 Å². The second-order valence-electron chi connectivity index (χ2n) is 4.92. The lowest BCUT2D eigenvalue weighted by Gasteiger charge is -2.26. The third kappa shape index (κ3) is 3.98. The Labute approximate surface area is 137 Å². The summed E-state index contributed by atoms with van der Waals surface area (Å²) in [6.45, 7) is 7.65. The Kier molecular flexibility index (Phi) is 5.78. The Bertz CT molecular complexity index is 625. The zero-order valence-electron chi connectivity index (χ0n) is 13.3. The van der Waals surface area contributed by atoms with Crippen LogP contribution in [0.3, 0.4) is 0 Å². The van der Waals surface area contributed by atoms with E-state index in [4.69, 9.17) is 17.0 Å². The van der Waals surface area contributed by atoms with E-state index in [-0.39, 0.29) is 0 Å². The SMILES string of the molecule is CCOc1ccc(NC(=S)N(CC)c2ccccc2C)cc1. The summed E-state index contributed by atoms with van der Waals surface area (Å²) in [4.78, 5) is 2.10. The predicted octanol–water partition coefficient (Wildman–Crippen LogP) is 4.62. The molecule has 3 nitrogen and oxygen atoms in total. The Morgan fingerprint density at radius 2 is 1.77 bits per heavy atom. The van der Waals surface area contributed by atoms with Crippen LogP contribution in [0.5, 0.6) is 5.75 Å². The minimum Gasteiger partial charge on any atom is -0.494 e. The van der Waals surface area contributed by atoms with Crippen molar-refractivity contribution in [3.05, 3.63) is 54.1 Å². The summed E-state index contributed by atoms with van der Waals surface area (Å²) in [6, 6.07) is 16.1. The smallest absolute Gasteiger partial charge is 0.177 e. The van der Waals surface area contributed by atoms with Crippen LogP contribution in [0.15, 0.2) is 48.5 Å². The maximum absolute atomic E-state index is 5.57. The molecule has 0 saturated heterocycles. The van der Waals surface area contributed by atoms with E-state index < -0.39 is 0 Å². The average Bonchev–Trinajstić information content (AvgIpc) is 2.52. The Morgan fingerprint density at radius 3 is 2.36 bits per heavy atom. The predicted molar refractivity (Wildman–Crippen MR) is 98.0 cm³/mol. The molecule has 1 N–H and O–H groups in total. The highest BCUT2D eigenvalue weighted by Crippen LogP contribution is 2.21. The topological polar surface area (TPSA) is 24.5 Å². The van der Waals surface area contributed by atoms with Gasteiger partial charge in [0, 0.05) is 17.9 Å². The third-order valence-corrected chi connectivity index (χ3v) is 3.71. The fourth-order valence-electron chi connectivity index (χ4n) is 2.28. The average molecular weight is 314 g/mol. The first-order valence-corrected chi connectivity index (χ1v) is 7.93. The zero-order chi connectivity index (χ0) is 15.9. The minimum atomic E-state index is 0.669. The summed E-state index contributed by atoms with van der Waals surface area (Å²) in [5.41, 5.74) is 3.30. The standard InChI is InChI=1S/C18H22N2OS/c1-4-20(17-9-7-6-8-14(17)3)18(22)19-15-10-12-16(13-11-15)21-5-2/h6-13H,4-5H2,1-3H3,(H,19,22). The second-order valence-corrected chi connectivity index (χ2v) is 5.30. The molecule has 0 amide bonds. The lowest BCUT2D eigenvalue weighted by Crippen LogP contribution is -2.35. The molecular weight excluding hydrogens is 292 g/mol. The van der Waals surface area contributed by atoms with Crippen molar-refractivity contribution < 1.29 is 4.74 Å². The lowest BCUT2D eigenvalue weighted by atomic mass is 10.2. The van der Waals surface area contributed by atoms with Crippen LogP contribution in [0.2, 0.25) is 0 Å². The van der Waals surface area contributed by atoms with Gasteiger partial charge in [-0.1, -0.05) is 18.2 Å². The van der Waals surface area contributed by atoms with E-state index >= 15 is 0 Å². The van der Waals surface area contributed by atoms with Crippen molar-refractivity contribution in [2.24, 2.45) is 0 Å². The van der Waals surface area contributed by atoms with Gasteiger partial charge >= 0.3 is 0 Å². The molecule has 4 heteroatoms. The second kappa shape index (κ2) is 7.80. The number of benzene rings is 2. The lowest BCUT2D eigenvalue weighted by molar-refractivity contribution is 0.340. The van der Waals surface area contributed by atoms with Crippen LogP contribution in [0, 0.1) is 6.92 Å². The van der Waals surface area contributed by atoms with Gasteiger partial charge in [-0.3, -0.25) is 0 Å². The summed E-state index contributed by atoms with van der Waals surface area (Å²) >= 11 is 5.57. The van der Waals surface area contributed by atoms with Crippen LogP contribution in [-0.4, -0.2) is 18.3 Å². The summed E-state index contributed by atoms with van der Waals surface area (Å²) in [7, 11) is 0. The first-order chi connectivity index (χ1) is 10.7. The van der Waals surface area contributed by atoms with Crippen molar-refractivity contribution in [2.75, 3.05) is 23.4 Å². The van der Waals surface area contributed by atoms with Crippen LogP contribution in [0.25, 0.3) is 0 Å². The number of ether oxygens (including phenoxy) is 1. The summed E-state index contributed by atoms with van der Waals surface area (Å²) < 4.78 is 5.45. The first kappa shape index (κ1) is 16.3. The molecule has 0 aromatic heterocycles. The number of hydrogen-bond acceptors (Lipinski definition) is 2. The van der Waals surface area contributed by atoms with Crippen LogP contribution in [-0.2, 0) is 0 Å². The molecule has 0 saturated carbocycles. The Hall–Kier alpha value is -2.07. The Balaban J connectivity index is 2.11. The number of thiocarbonyl (C=S) groups is 1. The molecule has 0 fully saturated rings. The number of aryl methyl sites for hydroxylation is 1. The maximum Gasteiger partial charge on any atom is 0.177 e. The number of para-hydroxylation sites is 1. The van der Waals surface area contributed by atoms with Crippen molar-refractivity contribution in [1.29, 1.82) is 0 Å².